The van der Waals surface area contributed by atoms with Crippen LogP contribution >= 0.6 is 0 Å². The Labute approximate surface area is 48.8 Å². The van der Waals surface area contributed by atoms with Gasteiger partial charge >= 0.3 is 0 Å². The quantitative estimate of drug-likeness (QED) is 0.429. The zero-order valence-electron chi connectivity index (χ0n) is 4.96. The lowest BCUT2D eigenvalue weighted by molar-refractivity contribution is 0.0425. The van der Waals surface area contributed by atoms with Crippen molar-refractivity contribution in [1.82, 2.24) is 0 Å². The maximum atomic E-state index is 5.31. The molecule has 2 nitrogen and oxygen atoms in total. The first-order chi connectivity index (χ1) is 3.86. The molecule has 2 aliphatic rings. The van der Waals surface area contributed by atoms with E-state index in [9.17, 15) is 0 Å². The van der Waals surface area contributed by atoms with Gasteiger partial charge < -0.3 is 9.47 Å². The fraction of sp³-hybridized carbons (Fsp3) is 1.00. The molecule has 0 radical (unpaired) electrons. The van der Waals surface area contributed by atoms with E-state index >= 15 is 0 Å². The molecule has 0 saturated carbocycles. The summed E-state index contributed by atoms with van der Waals surface area (Å²) in [6, 6.07) is 0. The normalized spacial score (nSPS) is 52.9. The van der Waals surface area contributed by atoms with Crippen LogP contribution in [-0.4, -0.2) is 24.9 Å². The minimum Gasteiger partial charge on any atom is -0.376 e. The Morgan fingerprint density at radius 3 is 2.88 bits per heavy atom. The van der Waals surface area contributed by atoms with E-state index in [2.05, 4.69) is 6.92 Å². The van der Waals surface area contributed by atoms with Crippen LogP contribution in [0.2, 0.25) is 0 Å². The Hall–Kier alpha value is -0.0800. The lowest BCUT2D eigenvalue weighted by atomic mass is 10.1. The SMILES string of the molecule is C[C@H]1CC2OC2CO1. The first kappa shape index (κ1) is 4.77. The number of hydrogen-bond donors (Lipinski definition) is 0. The number of rotatable bonds is 0. The smallest absolute Gasteiger partial charge is 0.108 e. The van der Waals surface area contributed by atoms with Crippen LogP contribution in [0.5, 0.6) is 0 Å². The third-order valence-corrected chi connectivity index (χ3v) is 1.80. The van der Waals surface area contributed by atoms with Crippen LogP contribution in [0.1, 0.15) is 13.3 Å². The maximum absolute atomic E-state index is 5.31. The van der Waals surface area contributed by atoms with Crippen molar-refractivity contribution >= 4 is 0 Å². The molecule has 0 bridgehead atoms. The van der Waals surface area contributed by atoms with Crippen LogP contribution in [0.3, 0.4) is 0 Å². The van der Waals surface area contributed by atoms with Crippen LogP contribution in [0.25, 0.3) is 0 Å². The lowest BCUT2D eigenvalue weighted by Gasteiger charge is -2.13. The van der Waals surface area contributed by atoms with Crippen LogP contribution in [0, 0.1) is 0 Å². The summed E-state index contributed by atoms with van der Waals surface area (Å²) in [5, 5.41) is 0. The van der Waals surface area contributed by atoms with Gasteiger partial charge in [0.2, 0.25) is 0 Å². The van der Waals surface area contributed by atoms with Gasteiger partial charge in [-0.2, -0.15) is 0 Å². The molecule has 2 heteroatoms. The molecule has 0 aromatic rings. The first-order valence-corrected chi connectivity index (χ1v) is 3.13. The summed E-state index contributed by atoms with van der Waals surface area (Å²) in [6.07, 6.45) is 2.55. The molecule has 2 saturated heterocycles. The highest BCUT2D eigenvalue weighted by Crippen LogP contribution is 2.31. The summed E-state index contributed by atoms with van der Waals surface area (Å²) in [6.45, 7) is 2.92. The van der Waals surface area contributed by atoms with Crippen LogP contribution in [0.15, 0.2) is 0 Å². The summed E-state index contributed by atoms with van der Waals surface area (Å²) < 4.78 is 10.5. The molecule has 8 heavy (non-hydrogen) atoms. The second-order valence-corrected chi connectivity index (χ2v) is 2.59. The Kier molecular flexibility index (Phi) is 0.866. The van der Waals surface area contributed by atoms with E-state index in [1.807, 2.05) is 0 Å². The van der Waals surface area contributed by atoms with Crippen LogP contribution in [-0.2, 0) is 9.47 Å². The fourth-order valence-corrected chi connectivity index (χ4v) is 1.19. The largest absolute Gasteiger partial charge is 0.376 e. The molecular weight excluding hydrogens is 104 g/mol. The van der Waals surface area contributed by atoms with E-state index < -0.39 is 0 Å². The molecule has 2 unspecified atom stereocenters. The number of ether oxygens (including phenoxy) is 2. The van der Waals surface area contributed by atoms with Gasteiger partial charge in [0, 0.05) is 6.42 Å². The third kappa shape index (κ3) is 0.644. The van der Waals surface area contributed by atoms with E-state index in [1.54, 1.807) is 0 Å². The zero-order chi connectivity index (χ0) is 5.56. The van der Waals surface area contributed by atoms with E-state index in [0.29, 0.717) is 18.3 Å². The molecule has 2 fully saturated rings. The molecule has 0 amide bonds. The van der Waals surface area contributed by atoms with Crippen molar-refractivity contribution in [2.75, 3.05) is 6.61 Å². The second-order valence-electron chi connectivity index (χ2n) is 2.59. The van der Waals surface area contributed by atoms with Crippen molar-refractivity contribution in [3.05, 3.63) is 0 Å². The minimum atomic E-state index is 0.429. The molecular formula is C6H10O2. The second kappa shape index (κ2) is 1.45. The predicted molar refractivity (Wildman–Crippen MR) is 28.7 cm³/mol. The summed E-state index contributed by atoms with van der Waals surface area (Å²) >= 11 is 0. The average Bonchev–Trinajstić information content (AvgIpc) is 2.43. The summed E-state index contributed by atoms with van der Waals surface area (Å²) in [5.41, 5.74) is 0. The molecule has 0 aliphatic carbocycles. The topological polar surface area (TPSA) is 21.8 Å². The minimum absolute atomic E-state index is 0.429. The predicted octanol–water partition coefficient (Wildman–Crippen LogP) is 0.563. The summed E-state index contributed by atoms with van der Waals surface area (Å²) in [5.74, 6) is 0. The van der Waals surface area contributed by atoms with Crippen molar-refractivity contribution in [1.29, 1.82) is 0 Å². The van der Waals surface area contributed by atoms with Crippen LogP contribution < -0.4 is 0 Å². The highest BCUT2D eigenvalue weighted by Gasteiger charge is 2.43. The van der Waals surface area contributed by atoms with Gasteiger partial charge in [-0.15, -0.1) is 0 Å². The van der Waals surface area contributed by atoms with E-state index in [-0.39, 0.29) is 0 Å². The Balaban J connectivity index is 1.93. The van der Waals surface area contributed by atoms with Gasteiger partial charge in [0.15, 0.2) is 0 Å². The molecule has 2 rings (SSSR count). The number of epoxide rings is 1. The molecule has 2 heterocycles. The van der Waals surface area contributed by atoms with Gasteiger partial charge in [0.05, 0.1) is 18.8 Å². The molecule has 46 valence electrons. The lowest BCUT2D eigenvalue weighted by Crippen LogP contribution is -2.21. The van der Waals surface area contributed by atoms with E-state index in [1.165, 1.54) is 0 Å². The third-order valence-electron chi connectivity index (χ3n) is 1.80. The molecule has 2 aliphatic heterocycles. The van der Waals surface area contributed by atoms with E-state index in [4.69, 9.17) is 9.47 Å². The fourth-order valence-electron chi connectivity index (χ4n) is 1.19. The molecule has 0 spiro atoms. The number of hydrogen-bond acceptors (Lipinski definition) is 2. The van der Waals surface area contributed by atoms with Gasteiger partial charge in [-0.1, -0.05) is 0 Å². The Bertz CT molecular complexity index is 103. The molecule has 3 atom stereocenters. The monoisotopic (exact) mass is 114 g/mol. The van der Waals surface area contributed by atoms with Gasteiger partial charge in [-0.25, -0.2) is 0 Å². The molecule has 0 aromatic heterocycles. The van der Waals surface area contributed by atoms with Gasteiger partial charge in [-0.05, 0) is 6.92 Å². The van der Waals surface area contributed by atoms with Crippen molar-refractivity contribution in [3.63, 3.8) is 0 Å². The van der Waals surface area contributed by atoms with Crippen molar-refractivity contribution in [3.8, 4) is 0 Å². The standard InChI is InChI=1S/C6H10O2/c1-4-2-5-6(8-5)3-7-4/h4-6H,2-3H2,1H3/t4-,5?,6?/m0/s1. The number of fused-ring (bicyclic) bond motifs is 1. The van der Waals surface area contributed by atoms with Gasteiger partial charge in [0.25, 0.3) is 0 Å². The average molecular weight is 114 g/mol. The zero-order valence-corrected chi connectivity index (χ0v) is 4.96. The summed E-state index contributed by atoms with van der Waals surface area (Å²) in [7, 11) is 0. The van der Waals surface area contributed by atoms with Crippen molar-refractivity contribution in [2.24, 2.45) is 0 Å². The first-order valence-electron chi connectivity index (χ1n) is 3.13. The Morgan fingerprint density at radius 1 is 1.38 bits per heavy atom. The molecule has 0 N–H and O–H groups in total. The van der Waals surface area contributed by atoms with Crippen molar-refractivity contribution in [2.45, 2.75) is 31.7 Å². The van der Waals surface area contributed by atoms with Gasteiger partial charge in [-0.3, -0.25) is 0 Å². The van der Waals surface area contributed by atoms with Gasteiger partial charge in [0.1, 0.15) is 6.10 Å². The maximum Gasteiger partial charge on any atom is 0.108 e. The summed E-state index contributed by atoms with van der Waals surface area (Å²) in [4.78, 5) is 0. The highest BCUT2D eigenvalue weighted by atomic mass is 16.6. The van der Waals surface area contributed by atoms with E-state index in [0.717, 1.165) is 13.0 Å². The molecule has 0 aromatic carbocycles. The highest BCUT2D eigenvalue weighted by molar-refractivity contribution is 4.89. The Morgan fingerprint density at radius 2 is 2.25 bits per heavy atom. The van der Waals surface area contributed by atoms with Crippen LogP contribution in [0.4, 0.5) is 0 Å². The van der Waals surface area contributed by atoms with Crippen molar-refractivity contribution < 1.29 is 9.47 Å².